The summed E-state index contributed by atoms with van der Waals surface area (Å²) >= 11 is 3.03. The quantitative estimate of drug-likeness (QED) is 0.879. The molecule has 0 saturated heterocycles. The molecule has 16 heavy (non-hydrogen) atoms. The van der Waals surface area contributed by atoms with Crippen LogP contribution >= 0.6 is 15.9 Å². The minimum Gasteiger partial charge on any atom is -0.392 e. The summed E-state index contributed by atoms with van der Waals surface area (Å²) < 4.78 is 39.1. The molecule has 7 heteroatoms. The number of aliphatic hydroxyl groups excluding tert-OH is 1. The van der Waals surface area contributed by atoms with Gasteiger partial charge in [-0.2, -0.15) is 0 Å². The average molecular weight is 312 g/mol. The van der Waals surface area contributed by atoms with E-state index in [9.17, 15) is 12.8 Å². The molecule has 0 fully saturated rings. The van der Waals surface area contributed by atoms with Gasteiger partial charge in [0, 0.05) is 11.0 Å². The number of aliphatic hydroxyl groups is 1. The van der Waals surface area contributed by atoms with Crippen LogP contribution in [0.1, 0.15) is 6.92 Å². The van der Waals surface area contributed by atoms with Crippen molar-refractivity contribution in [1.82, 2.24) is 4.72 Å². The Morgan fingerprint density at radius 1 is 1.56 bits per heavy atom. The highest BCUT2D eigenvalue weighted by molar-refractivity contribution is 9.10. The summed E-state index contributed by atoms with van der Waals surface area (Å²) in [6, 6.07) is 3.65. The second kappa shape index (κ2) is 5.22. The van der Waals surface area contributed by atoms with Crippen LogP contribution in [0.3, 0.4) is 0 Å². The molecule has 0 radical (unpaired) electrons. The Morgan fingerprint density at radius 2 is 2.19 bits per heavy atom. The van der Waals surface area contributed by atoms with Crippen molar-refractivity contribution < 1.29 is 17.9 Å². The van der Waals surface area contributed by atoms with Gasteiger partial charge in [-0.15, -0.1) is 0 Å². The monoisotopic (exact) mass is 311 g/mol. The van der Waals surface area contributed by atoms with E-state index in [1.54, 1.807) is 0 Å². The van der Waals surface area contributed by atoms with Crippen LogP contribution in [0.15, 0.2) is 27.6 Å². The lowest BCUT2D eigenvalue weighted by Gasteiger charge is -2.09. The molecule has 1 rings (SSSR count). The molecule has 0 bridgehead atoms. The number of sulfonamides is 1. The van der Waals surface area contributed by atoms with Crippen molar-refractivity contribution in [3.8, 4) is 0 Å². The molecule has 1 atom stereocenters. The van der Waals surface area contributed by atoms with Crippen molar-refractivity contribution in [3.05, 3.63) is 28.5 Å². The molecular weight excluding hydrogens is 301 g/mol. The molecule has 0 spiro atoms. The maximum absolute atomic E-state index is 13.4. The molecule has 4 nitrogen and oxygen atoms in total. The van der Waals surface area contributed by atoms with Crippen LogP contribution in [-0.4, -0.2) is 26.2 Å². The fourth-order valence-corrected chi connectivity index (χ4v) is 2.51. The standard InChI is InChI=1S/C9H11BrFNO3S/c1-6(13)5-12-16(14,15)9-3-2-7(10)4-8(9)11/h2-4,6,12-13H,5H2,1H3/t6-/m1/s1. The predicted molar refractivity (Wildman–Crippen MR) is 61.0 cm³/mol. The number of nitrogens with one attached hydrogen (secondary N) is 1. The molecule has 0 aliphatic rings. The van der Waals surface area contributed by atoms with E-state index in [-0.39, 0.29) is 6.54 Å². The van der Waals surface area contributed by atoms with E-state index >= 15 is 0 Å². The molecule has 0 aromatic heterocycles. The number of rotatable bonds is 4. The Bertz CT molecular complexity index is 476. The minimum atomic E-state index is -3.91. The number of halogens is 2. The van der Waals surface area contributed by atoms with Crippen LogP contribution in [0.5, 0.6) is 0 Å². The van der Waals surface area contributed by atoms with E-state index in [2.05, 4.69) is 20.7 Å². The lowest BCUT2D eigenvalue weighted by molar-refractivity contribution is 0.198. The summed E-state index contributed by atoms with van der Waals surface area (Å²) in [6.07, 6.45) is -0.826. The van der Waals surface area contributed by atoms with Gasteiger partial charge in [0.05, 0.1) is 6.10 Å². The smallest absolute Gasteiger partial charge is 0.243 e. The third-order valence-corrected chi connectivity index (χ3v) is 3.70. The van der Waals surface area contributed by atoms with Gasteiger partial charge in [-0.1, -0.05) is 15.9 Å². The molecule has 0 unspecified atom stereocenters. The van der Waals surface area contributed by atoms with E-state index in [0.717, 1.165) is 12.1 Å². The Hall–Kier alpha value is -0.500. The maximum Gasteiger partial charge on any atom is 0.243 e. The third kappa shape index (κ3) is 3.51. The summed E-state index contributed by atoms with van der Waals surface area (Å²) in [5.74, 6) is -0.840. The van der Waals surface area contributed by atoms with Gasteiger partial charge in [0.15, 0.2) is 0 Å². The number of benzene rings is 1. The highest BCUT2D eigenvalue weighted by atomic mass is 79.9. The predicted octanol–water partition coefficient (Wildman–Crippen LogP) is 1.25. The fourth-order valence-electron chi connectivity index (χ4n) is 1.00. The molecule has 90 valence electrons. The number of hydrogen-bond donors (Lipinski definition) is 2. The van der Waals surface area contributed by atoms with Gasteiger partial charge in [-0.25, -0.2) is 17.5 Å². The molecular formula is C9H11BrFNO3S. The largest absolute Gasteiger partial charge is 0.392 e. The van der Waals surface area contributed by atoms with Crippen molar-refractivity contribution in [3.63, 3.8) is 0 Å². The molecule has 0 aliphatic carbocycles. The summed E-state index contributed by atoms with van der Waals surface area (Å²) in [5, 5.41) is 8.95. The van der Waals surface area contributed by atoms with Crippen LogP contribution in [0, 0.1) is 5.82 Å². The van der Waals surface area contributed by atoms with Crippen molar-refractivity contribution in [2.75, 3.05) is 6.54 Å². The van der Waals surface area contributed by atoms with Crippen LogP contribution in [0.4, 0.5) is 4.39 Å². The van der Waals surface area contributed by atoms with Crippen molar-refractivity contribution >= 4 is 26.0 Å². The summed E-state index contributed by atoms with van der Waals surface area (Å²) in [5.41, 5.74) is 0. The summed E-state index contributed by atoms with van der Waals surface area (Å²) in [4.78, 5) is -0.434. The van der Waals surface area contributed by atoms with Crippen LogP contribution in [-0.2, 0) is 10.0 Å². The highest BCUT2D eigenvalue weighted by Gasteiger charge is 2.19. The second-order valence-electron chi connectivity index (χ2n) is 3.28. The Labute approximate surface area is 102 Å². The topological polar surface area (TPSA) is 66.4 Å². The van der Waals surface area contributed by atoms with Crippen molar-refractivity contribution in [2.45, 2.75) is 17.9 Å². The van der Waals surface area contributed by atoms with Crippen molar-refractivity contribution in [1.29, 1.82) is 0 Å². The third-order valence-electron chi connectivity index (χ3n) is 1.75. The van der Waals surface area contributed by atoms with E-state index < -0.39 is 26.8 Å². The first-order valence-corrected chi connectivity index (χ1v) is 6.73. The summed E-state index contributed by atoms with van der Waals surface area (Å²) in [6.45, 7) is 1.28. The van der Waals surface area contributed by atoms with Crippen LogP contribution in [0.2, 0.25) is 0 Å². The normalized spacial score (nSPS) is 13.8. The van der Waals surface area contributed by atoms with Crippen LogP contribution < -0.4 is 4.72 Å². The molecule has 2 N–H and O–H groups in total. The van der Waals surface area contributed by atoms with Gasteiger partial charge in [-0.3, -0.25) is 0 Å². The Balaban J connectivity index is 2.99. The Morgan fingerprint density at radius 3 is 2.69 bits per heavy atom. The molecule has 0 aliphatic heterocycles. The van der Waals surface area contributed by atoms with E-state index in [4.69, 9.17) is 5.11 Å². The van der Waals surface area contributed by atoms with Crippen LogP contribution in [0.25, 0.3) is 0 Å². The van der Waals surface area contributed by atoms with E-state index in [0.29, 0.717) is 4.47 Å². The van der Waals surface area contributed by atoms with Gasteiger partial charge < -0.3 is 5.11 Å². The molecule has 1 aromatic rings. The first-order chi connectivity index (χ1) is 7.33. The average Bonchev–Trinajstić information content (AvgIpc) is 2.14. The SMILES string of the molecule is C[C@@H](O)CNS(=O)(=O)c1ccc(Br)cc1F. The van der Waals surface area contributed by atoms with Gasteiger partial charge in [-0.05, 0) is 25.1 Å². The fraction of sp³-hybridized carbons (Fsp3) is 0.333. The maximum atomic E-state index is 13.4. The highest BCUT2D eigenvalue weighted by Crippen LogP contribution is 2.19. The lowest BCUT2D eigenvalue weighted by Crippen LogP contribution is -2.31. The zero-order valence-corrected chi connectivity index (χ0v) is 10.8. The zero-order valence-electron chi connectivity index (χ0n) is 8.44. The molecule has 0 saturated carbocycles. The molecule has 0 amide bonds. The first-order valence-electron chi connectivity index (χ1n) is 4.45. The van der Waals surface area contributed by atoms with E-state index in [1.807, 2.05) is 0 Å². The van der Waals surface area contributed by atoms with Gasteiger partial charge in [0.1, 0.15) is 10.7 Å². The van der Waals surface area contributed by atoms with Gasteiger partial charge in [0.2, 0.25) is 10.0 Å². The Kier molecular flexibility index (Phi) is 4.43. The summed E-state index contributed by atoms with van der Waals surface area (Å²) in [7, 11) is -3.91. The van der Waals surface area contributed by atoms with Gasteiger partial charge >= 0.3 is 0 Å². The second-order valence-corrected chi connectivity index (χ2v) is 5.93. The molecule has 1 aromatic carbocycles. The zero-order chi connectivity index (χ0) is 12.3. The van der Waals surface area contributed by atoms with Crippen molar-refractivity contribution in [2.24, 2.45) is 0 Å². The number of hydrogen-bond acceptors (Lipinski definition) is 3. The molecule has 0 heterocycles. The van der Waals surface area contributed by atoms with E-state index in [1.165, 1.54) is 13.0 Å². The minimum absolute atomic E-state index is 0.155. The lowest BCUT2D eigenvalue weighted by atomic mass is 10.3. The first kappa shape index (κ1) is 13.6. The van der Waals surface area contributed by atoms with Gasteiger partial charge in [0.25, 0.3) is 0 Å².